The number of rotatable bonds is 5. The van der Waals surface area contributed by atoms with Gasteiger partial charge in [0.25, 0.3) is 0 Å². The van der Waals surface area contributed by atoms with Crippen LogP contribution >= 0.6 is 0 Å². The average molecular weight is 365 g/mol. The number of hydrogen-bond donors (Lipinski definition) is 1. The van der Waals surface area contributed by atoms with Crippen LogP contribution in [0.4, 0.5) is 11.4 Å². The second-order valence-electron chi connectivity index (χ2n) is 6.90. The van der Waals surface area contributed by atoms with Crippen LogP contribution < -0.4 is 19.9 Å². The Morgan fingerprint density at radius 3 is 2.52 bits per heavy atom. The molecule has 0 aliphatic carbocycles. The zero-order valence-corrected chi connectivity index (χ0v) is 15.2. The predicted octanol–water partition coefficient (Wildman–Crippen LogP) is 2.33. The molecule has 1 saturated heterocycles. The first-order valence-corrected chi connectivity index (χ1v) is 9.35. The number of carbonyl (C=O) groups is 2. The molecule has 2 aliphatic rings. The lowest BCUT2D eigenvalue weighted by molar-refractivity contribution is -0.133. The second-order valence-corrected chi connectivity index (χ2v) is 6.90. The molecule has 6 nitrogen and oxygen atoms in total. The molecule has 1 fully saturated rings. The highest BCUT2D eigenvalue weighted by atomic mass is 16.5. The first-order valence-electron chi connectivity index (χ1n) is 9.35. The van der Waals surface area contributed by atoms with E-state index in [0.29, 0.717) is 12.3 Å². The molecule has 2 aromatic carbocycles. The van der Waals surface area contributed by atoms with Crippen LogP contribution in [-0.2, 0) is 16.1 Å². The number of esters is 1. The van der Waals surface area contributed by atoms with Crippen LogP contribution in [-0.4, -0.2) is 38.1 Å². The van der Waals surface area contributed by atoms with Gasteiger partial charge in [0, 0.05) is 25.3 Å². The van der Waals surface area contributed by atoms with Crippen LogP contribution in [0.5, 0.6) is 5.75 Å². The number of amides is 1. The minimum Gasteiger partial charge on any atom is -0.423 e. The first-order chi connectivity index (χ1) is 13.2. The van der Waals surface area contributed by atoms with Crippen molar-refractivity contribution < 1.29 is 14.3 Å². The van der Waals surface area contributed by atoms with Crippen LogP contribution in [0.3, 0.4) is 0 Å². The van der Waals surface area contributed by atoms with Crippen molar-refractivity contribution in [2.45, 2.75) is 19.4 Å². The molecule has 0 unspecified atom stereocenters. The van der Waals surface area contributed by atoms with Crippen LogP contribution in [0.1, 0.15) is 18.4 Å². The average Bonchev–Trinajstić information content (AvgIpc) is 3.21. The van der Waals surface area contributed by atoms with E-state index in [0.717, 1.165) is 24.3 Å². The van der Waals surface area contributed by atoms with Gasteiger partial charge in [0.2, 0.25) is 5.91 Å². The molecule has 4 rings (SSSR count). The van der Waals surface area contributed by atoms with Gasteiger partial charge >= 0.3 is 5.97 Å². The summed E-state index contributed by atoms with van der Waals surface area (Å²) < 4.78 is 5.23. The Morgan fingerprint density at radius 1 is 1.00 bits per heavy atom. The van der Waals surface area contributed by atoms with Crippen molar-refractivity contribution in [1.29, 1.82) is 0 Å². The summed E-state index contributed by atoms with van der Waals surface area (Å²) in [6.07, 6.45) is 2.43. The van der Waals surface area contributed by atoms with E-state index in [1.165, 1.54) is 18.5 Å². The number of fused-ring (bicyclic) bond motifs is 1. The number of benzene rings is 2. The first kappa shape index (κ1) is 17.4. The van der Waals surface area contributed by atoms with E-state index in [2.05, 4.69) is 22.3 Å². The smallest absolute Gasteiger partial charge is 0.331 e. The van der Waals surface area contributed by atoms with Gasteiger partial charge in [-0.25, -0.2) is 4.79 Å². The van der Waals surface area contributed by atoms with Gasteiger partial charge in [-0.15, -0.1) is 0 Å². The summed E-state index contributed by atoms with van der Waals surface area (Å²) in [6.45, 7) is 2.81. The number of nitrogens with one attached hydrogen (secondary N) is 1. The van der Waals surface area contributed by atoms with Crippen LogP contribution in [0.2, 0.25) is 0 Å². The molecule has 2 aliphatic heterocycles. The van der Waals surface area contributed by atoms with Crippen molar-refractivity contribution in [2.24, 2.45) is 0 Å². The number of nitrogens with zero attached hydrogens (tertiary/aromatic N) is 2. The normalized spacial score (nSPS) is 16.1. The van der Waals surface area contributed by atoms with Crippen molar-refractivity contribution in [3.63, 3.8) is 0 Å². The number of para-hydroxylation sites is 3. The lowest BCUT2D eigenvalue weighted by Gasteiger charge is -2.29. The lowest BCUT2D eigenvalue weighted by Crippen LogP contribution is -2.43. The third kappa shape index (κ3) is 3.89. The van der Waals surface area contributed by atoms with E-state index in [-0.39, 0.29) is 25.0 Å². The molecule has 0 radical (unpaired) electrons. The lowest BCUT2D eigenvalue weighted by atomic mass is 10.1. The Bertz CT molecular complexity index is 846. The Labute approximate surface area is 158 Å². The monoisotopic (exact) mass is 365 g/mol. The Morgan fingerprint density at radius 2 is 1.70 bits per heavy atom. The van der Waals surface area contributed by atoms with Crippen molar-refractivity contribution in [1.82, 2.24) is 5.32 Å². The van der Waals surface area contributed by atoms with Crippen LogP contribution in [0, 0.1) is 0 Å². The molecule has 1 amide bonds. The van der Waals surface area contributed by atoms with Crippen LogP contribution in [0.15, 0.2) is 48.5 Å². The summed E-state index contributed by atoms with van der Waals surface area (Å²) in [5.74, 6) is 0.0394. The summed E-state index contributed by atoms with van der Waals surface area (Å²) in [7, 11) is 0. The zero-order chi connectivity index (χ0) is 18.6. The SMILES string of the molecule is O=C(CN1CC(=O)Oc2ccccc21)NCc1ccccc1N1CCCC1. The number of hydrogen-bond acceptors (Lipinski definition) is 5. The summed E-state index contributed by atoms with van der Waals surface area (Å²) >= 11 is 0. The molecule has 140 valence electrons. The highest BCUT2D eigenvalue weighted by Gasteiger charge is 2.25. The van der Waals surface area contributed by atoms with Gasteiger partial charge in [0.1, 0.15) is 6.54 Å². The Balaban J connectivity index is 1.40. The topological polar surface area (TPSA) is 61.9 Å². The van der Waals surface area contributed by atoms with Crippen molar-refractivity contribution in [3.05, 3.63) is 54.1 Å². The fraction of sp³-hybridized carbons (Fsp3) is 0.333. The number of ether oxygens (including phenoxy) is 1. The van der Waals surface area contributed by atoms with Crippen molar-refractivity contribution in [3.8, 4) is 5.75 Å². The van der Waals surface area contributed by atoms with E-state index in [9.17, 15) is 9.59 Å². The molecular weight excluding hydrogens is 342 g/mol. The molecule has 6 heteroatoms. The zero-order valence-electron chi connectivity index (χ0n) is 15.2. The summed E-state index contributed by atoms with van der Waals surface area (Å²) in [4.78, 5) is 28.4. The largest absolute Gasteiger partial charge is 0.423 e. The predicted molar refractivity (Wildman–Crippen MR) is 104 cm³/mol. The van der Waals surface area contributed by atoms with E-state index >= 15 is 0 Å². The molecular formula is C21H23N3O3. The molecule has 0 bridgehead atoms. The molecule has 2 heterocycles. The van der Waals surface area contributed by atoms with Gasteiger partial charge < -0.3 is 19.9 Å². The molecule has 27 heavy (non-hydrogen) atoms. The fourth-order valence-electron chi connectivity index (χ4n) is 3.69. The Hall–Kier alpha value is -3.02. The molecule has 0 spiro atoms. The van der Waals surface area contributed by atoms with E-state index in [1.54, 1.807) is 11.0 Å². The summed E-state index contributed by atoms with van der Waals surface area (Å²) in [5, 5.41) is 3.00. The Kier molecular flexibility index (Phi) is 4.96. The third-order valence-corrected chi connectivity index (χ3v) is 5.00. The summed E-state index contributed by atoms with van der Waals surface area (Å²) in [6, 6.07) is 15.5. The minimum absolute atomic E-state index is 0.0782. The van der Waals surface area contributed by atoms with Crippen LogP contribution in [0.25, 0.3) is 0 Å². The quantitative estimate of drug-likeness (QED) is 0.651. The van der Waals surface area contributed by atoms with E-state index in [4.69, 9.17) is 4.74 Å². The molecule has 0 saturated carbocycles. The minimum atomic E-state index is -0.346. The number of carbonyl (C=O) groups excluding carboxylic acids is 2. The van der Waals surface area contributed by atoms with Gasteiger partial charge in [0.05, 0.1) is 12.2 Å². The number of anilines is 2. The maximum absolute atomic E-state index is 12.5. The van der Waals surface area contributed by atoms with E-state index < -0.39 is 0 Å². The van der Waals surface area contributed by atoms with Gasteiger partial charge in [0.15, 0.2) is 5.75 Å². The van der Waals surface area contributed by atoms with Gasteiger partial charge in [-0.2, -0.15) is 0 Å². The van der Waals surface area contributed by atoms with E-state index in [1.807, 2.05) is 30.3 Å². The van der Waals surface area contributed by atoms with Crippen molar-refractivity contribution in [2.75, 3.05) is 36.0 Å². The standard InChI is InChI=1S/C21H23N3O3/c25-20(14-24-15-21(26)27-19-10-4-3-9-18(19)24)22-13-16-7-1-2-8-17(16)23-11-5-6-12-23/h1-4,7-10H,5-6,11-15H2,(H,22,25). The molecule has 1 N–H and O–H groups in total. The highest BCUT2D eigenvalue weighted by Crippen LogP contribution is 2.31. The third-order valence-electron chi connectivity index (χ3n) is 5.00. The molecule has 0 aromatic heterocycles. The van der Waals surface area contributed by atoms with Gasteiger partial charge in [-0.1, -0.05) is 30.3 Å². The second kappa shape index (κ2) is 7.70. The van der Waals surface area contributed by atoms with Gasteiger partial charge in [-0.3, -0.25) is 4.79 Å². The summed E-state index contributed by atoms with van der Waals surface area (Å²) in [5.41, 5.74) is 3.08. The molecule has 2 aromatic rings. The van der Waals surface area contributed by atoms with Gasteiger partial charge in [-0.05, 0) is 36.6 Å². The maximum atomic E-state index is 12.5. The highest BCUT2D eigenvalue weighted by molar-refractivity contribution is 5.89. The van der Waals surface area contributed by atoms with Crippen molar-refractivity contribution >= 4 is 23.3 Å². The molecule has 0 atom stereocenters. The maximum Gasteiger partial charge on any atom is 0.331 e. The fourth-order valence-corrected chi connectivity index (χ4v) is 3.69.